The average Bonchev–Trinajstić information content (AvgIpc) is 3.11. The Bertz CT molecular complexity index is 796. The Balaban J connectivity index is 1.60. The monoisotopic (exact) mass is 359 g/mol. The van der Waals surface area contributed by atoms with Crippen LogP contribution in [0.2, 0.25) is 0 Å². The van der Waals surface area contributed by atoms with Crippen LogP contribution in [0.25, 0.3) is 0 Å². The minimum atomic E-state index is -0.503. The van der Waals surface area contributed by atoms with Gasteiger partial charge in [-0.05, 0) is 38.8 Å². The number of rotatable bonds is 4. The number of carbonyl (C=O) groups excluding carboxylic acids is 2. The number of halogens is 1. The molecule has 1 fully saturated rings. The van der Waals surface area contributed by atoms with Gasteiger partial charge in [-0.25, -0.2) is 9.07 Å². The number of nitrogens with one attached hydrogen (secondary N) is 1. The highest BCUT2D eigenvalue weighted by Gasteiger charge is 2.27. The van der Waals surface area contributed by atoms with E-state index in [1.54, 1.807) is 27.9 Å². The van der Waals surface area contributed by atoms with Crippen LogP contribution >= 0.6 is 0 Å². The lowest BCUT2D eigenvalue weighted by Gasteiger charge is -2.31. The van der Waals surface area contributed by atoms with Gasteiger partial charge in [-0.2, -0.15) is 0 Å². The van der Waals surface area contributed by atoms with E-state index in [1.165, 1.54) is 12.1 Å². The van der Waals surface area contributed by atoms with Crippen LogP contribution in [0.3, 0.4) is 0 Å². The Morgan fingerprint density at radius 2 is 1.92 bits per heavy atom. The lowest BCUT2D eigenvalue weighted by Crippen LogP contribution is -2.39. The third kappa shape index (κ3) is 3.89. The first-order valence-electron chi connectivity index (χ1n) is 8.72. The fourth-order valence-corrected chi connectivity index (χ4v) is 3.03. The van der Waals surface area contributed by atoms with Gasteiger partial charge in [0.25, 0.3) is 11.8 Å². The molecule has 2 aromatic rings. The summed E-state index contributed by atoms with van der Waals surface area (Å²) in [5, 5.41) is 10.8. The van der Waals surface area contributed by atoms with E-state index in [-0.39, 0.29) is 35.2 Å². The molecule has 0 atom stereocenters. The van der Waals surface area contributed by atoms with Gasteiger partial charge in [0.1, 0.15) is 5.82 Å². The molecule has 0 spiro atoms. The van der Waals surface area contributed by atoms with Crippen LogP contribution in [0.1, 0.15) is 53.6 Å². The molecular weight excluding hydrogens is 337 g/mol. The van der Waals surface area contributed by atoms with Crippen molar-refractivity contribution in [2.45, 2.75) is 38.8 Å². The smallest absolute Gasteiger partial charge is 0.273 e. The van der Waals surface area contributed by atoms with Gasteiger partial charge in [0.05, 0.1) is 17.8 Å². The molecule has 1 N–H and O–H groups in total. The quantitative estimate of drug-likeness (QED) is 0.906. The molecule has 2 amide bonds. The minimum Gasteiger partial charge on any atom is -0.348 e. The van der Waals surface area contributed by atoms with E-state index in [4.69, 9.17) is 0 Å². The summed E-state index contributed by atoms with van der Waals surface area (Å²) in [6.45, 7) is 4.77. The number of hydrogen-bond donors (Lipinski definition) is 1. The zero-order valence-electron chi connectivity index (χ0n) is 14.9. The lowest BCUT2D eigenvalue weighted by atomic mass is 10.0. The highest BCUT2D eigenvalue weighted by atomic mass is 19.1. The maximum absolute atomic E-state index is 13.8. The number of hydrogen-bond acceptors (Lipinski definition) is 4. The van der Waals surface area contributed by atoms with Gasteiger partial charge in [-0.3, -0.25) is 9.59 Å². The molecule has 0 saturated carbocycles. The first-order valence-corrected chi connectivity index (χ1v) is 8.72. The first-order chi connectivity index (χ1) is 12.5. The molecule has 8 heteroatoms. The summed E-state index contributed by atoms with van der Waals surface area (Å²) in [6.07, 6.45) is 2.99. The van der Waals surface area contributed by atoms with Crippen molar-refractivity contribution in [3.05, 3.63) is 47.5 Å². The topological polar surface area (TPSA) is 80.1 Å². The highest BCUT2D eigenvalue weighted by Crippen LogP contribution is 2.23. The van der Waals surface area contributed by atoms with E-state index in [9.17, 15) is 14.0 Å². The van der Waals surface area contributed by atoms with Gasteiger partial charge >= 0.3 is 0 Å². The predicted molar refractivity (Wildman–Crippen MR) is 93.2 cm³/mol. The van der Waals surface area contributed by atoms with E-state index >= 15 is 0 Å². The Morgan fingerprint density at radius 1 is 1.23 bits per heavy atom. The second-order valence-corrected chi connectivity index (χ2v) is 6.72. The van der Waals surface area contributed by atoms with Crippen LogP contribution in [0.4, 0.5) is 4.39 Å². The summed E-state index contributed by atoms with van der Waals surface area (Å²) in [7, 11) is 0. The third-order valence-corrected chi connectivity index (χ3v) is 4.39. The summed E-state index contributed by atoms with van der Waals surface area (Å²) < 4.78 is 15.5. The molecule has 0 radical (unpaired) electrons. The van der Waals surface area contributed by atoms with Crippen LogP contribution in [-0.4, -0.2) is 50.8 Å². The van der Waals surface area contributed by atoms with Crippen molar-refractivity contribution < 1.29 is 14.0 Å². The summed E-state index contributed by atoms with van der Waals surface area (Å²) in [5.74, 6) is -1.05. The largest absolute Gasteiger partial charge is 0.348 e. The van der Waals surface area contributed by atoms with Gasteiger partial charge in [0.2, 0.25) is 0 Å². The van der Waals surface area contributed by atoms with Crippen molar-refractivity contribution in [3.8, 4) is 0 Å². The zero-order chi connectivity index (χ0) is 18.7. The standard InChI is InChI=1S/C18H22FN5O2/c1-12(2)20-17(25)16-11-24(22-21-16)13-7-9-23(10-8-13)18(26)14-5-3-4-6-15(14)19/h3-6,11-13H,7-10H2,1-2H3,(H,20,25). The predicted octanol–water partition coefficient (Wildman–Crippen LogP) is 2.03. The highest BCUT2D eigenvalue weighted by molar-refractivity contribution is 5.94. The Hall–Kier alpha value is -2.77. The number of benzene rings is 1. The third-order valence-electron chi connectivity index (χ3n) is 4.39. The van der Waals surface area contributed by atoms with E-state index in [0.29, 0.717) is 25.9 Å². The van der Waals surface area contributed by atoms with Crippen LogP contribution < -0.4 is 5.32 Å². The molecule has 1 aliphatic heterocycles. The average molecular weight is 359 g/mol. The second-order valence-electron chi connectivity index (χ2n) is 6.72. The van der Waals surface area contributed by atoms with Crippen molar-refractivity contribution in [1.82, 2.24) is 25.2 Å². The van der Waals surface area contributed by atoms with Gasteiger partial charge in [0.15, 0.2) is 5.69 Å². The van der Waals surface area contributed by atoms with Gasteiger partial charge in [-0.15, -0.1) is 5.10 Å². The summed E-state index contributed by atoms with van der Waals surface area (Å²) in [4.78, 5) is 26.1. The molecule has 1 aliphatic rings. The fourth-order valence-electron chi connectivity index (χ4n) is 3.03. The van der Waals surface area contributed by atoms with Crippen molar-refractivity contribution in [2.75, 3.05) is 13.1 Å². The maximum atomic E-state index is 13.8. The molecule has 1 aromatic heterocycles. The molecule has 1 aromatic carbocycles. The molecule has 138 valence electrons. The number of likely N-dealkylation sites (tertiary alicyclic amines) is 1. The number of aromatic nitrogens is 3. The molecule has 1 saturated heterocycles. The molecule has 3 rings (SSSR count). The van der Waals surface area contributed by atoms with E-state index in [0.717, 1.165) is 0 Å². The van der Waals surface area contributed by atoms with Gasteiger partial charge < -0.3 is 10.2 Å². The van der Waals surface area contributed by atoms with Crippen molar-refractivity contribution in [3.63, 3.8) is 0 Å². The SMILES string of the molecule is CC(C)NC(=O)c1cn(C2CCN(C(=O)c3ccccc3F)CC2)nn1. The Kier molecular flexibility index (Phi) is 5.29. The fraction of sp³-hybridized carbons (Fsp3) is 0.444. The second kappa shape index (κ2) is 7.63. The number of carbonyl (C=O) groups is 2. The minimum absolute atomic E-state index is 0.0280. The first kappa shape index (κ1) is 18.0. The number of nitrogens with zero attached hydrogens (tertiary/aromatic N) is 4. The normalized spacial score (nSPS) is 15.3. The van der Waals surface area contributed by atoms with Crippen molar-refractivity contribution in [1.29, 1.82) is 0 Å². The number of amides is 2. The van der Waals surface area contributed by atoms with Crippen LogP contribution in [0.15, 0.2) is 30.5 Å². The van der Waals surface area contributed by atoms with Crippen molar-refractivity contribution >= 4 is 11.8 Å². The van der Waals surface area contributed by atoms with Gasteiger partial charge in [-0.1, -0.05) is 17.3 Å². The van der Waals surface area contributed by atoms with Crippen LogP contribution in [-0.2, 0) is 0 Å². The zero-order valence-corrected chi connectivity index (χ0v) is 14.9. The number of piperidine rings is 1. The molecule has 0 aliphatic carbocycles. The molecule has 0 bridgehead atoms. The molecule has 2 heterocycles. The molecule has 26 heavy (non-hydrogen) atoms. The molecular formula is C18H22FN5O2. The molecule has 7 nitrogen and oxygen atoms in total. The van der Waals surface area contributed by atoms with Crippen molar-refractivity contribution in [2.24, 2.45) is 0 Å². The van der Waals surface area contributed by atoms with Crippen LogP contribution in [0, 0.1) is 5.82 Å². The van der Waals surface area contributed by atoms with Crippen LogP contribution in [0.5, 0.6) is 0 Å². The maximum Gasteiger partial charge on any atom is 0.273 e. The van der Waals surface area contributed by atoms with E-state index in [1.807, 2.05) is 13.8 Å². The van der Waals surface area contributed by atoms with E-state index < -0.39 is 5.82 Å². The summed E-state index contributed by atoms with van der Waals surface area (Å²) in [5.41, 5.74) is 0.378. The summed E-state index contributed by atoms with van der Waals surface area (Å²) >= 11 is 0. The lowest BCUT2D eigenvalue weighted by molar-refractivity contribution is 0.0684. The molecule has 0 unspecified atom stereocenters. The summed E-state index contributed by atoms with van der Waals surface area (Å²) in [6, 6.07) is 6.10. The van der Waals surface area contributed by atoms with E-state index in [2.05, 4.69) is 15.6 Å². The Labute approximate surface area is 151 Å². The Morgan fingerprint density at radius 3 is 2.58 bits per heavy atom. The van der Waals surface area contributed by atoms with Gasteiger partial charge in [0, 0.05) is 19.1 Å².